The molecule has 1 saturated carbocycles. The van der Waals surface area contributed by atoms with Crippen molar-refractivity contribution in [2.45, 2.75) is 18.1 Å². The van der Waals surface area contributed by atoms with E-state index in [-0.39, 0.29) is 41.7 Å². The zero-order valence-corrected chi connectivity index (χ0v) is 18.8. The van der Waals surface area contributed by atoms with Gasteiger partial charge in [-0.2, -0.15) is 10.5 Å². The van der Waals surface area contributed by atoms with Gasteiger partial charge in [0.05, 0.1) is 42.3 Å². The van der Waals surface area contributed by atoms with E-state index in [0.717, 1.165) is 12.1 Å². The monoisotopic (exact) mass is 488 g/mol. The number of aromatic nitrogens is 4. The van der Waals surface area contributed by atoms with Crippen molar-refractivity contribution in [2.24, 2.45) is 11.8 Å². The number of hydrogen-bond acceptors (Lipinski definition) is 8. The highest BCUT2D eigenvalue weighted by molar-refractivity contribution is 5.90. The second-order valence-electron chi connectivity index (χ2n) is 9.16. The Morgan fingerprint density at radius 1 is 1.14 bits per heavy atom. The number of rotatable bonds is 5. The van der Waals surface area contributed by atoms with Gasteiger partial charge >= 0.3 is 6.09 Å². The Bertz CT molecular complexity index is 1390. The highest BCUT2D eigenvalue weighted by Gasteiger charge is 2.71. The molecule has 3 aliphatic rings. The maximum atomic E-state index is 15.1. The standard InChI is InChI=1S/C24H18F2N8O2/c25-19-5-15(34-9-16(36-23(34)35)8-33-4-3-30-31-33)6-20(26)22(19)14-1-2-21(29-7-14)24(12-27)17-10-32(13-28)11-18(17)24/h1-7,16-18H,8-11H2/t16-,17?,18?,24?/m0/s1. The molecule has 2 aliphatic heterocycles. The van der Waals surface area contributed by atoms with E-state index >= 15 is 8.78 Å². The molecule has 36 heavy (non-hydrogen) atoms. The predicted octanol–water partition coefficient (Wildman–Crippen LogP) is 2.45. The molecule has 12 heteroatoms. The van der Waals surface area contributed by atoms with E-state index < -0.39 is 29.2 Å². The second kappa shape index (κ2) is 7.99. The summed E-state index contributed by atoms with van der Waals surface area (Å²) in [5.74, 6) is -1.67. The molecule has 2 saturated heterocycles. The number of nitrogens with zero attached hydrogens (tertiary/aromatic N) is 8. The molecular weight excluding hydrogens is 470 g/mol. The van der Waals surface area contributed by atoms with E-state index in [1.165, 1.54) is 28.0 Å². The third-order valence-electron chi connectivity index (χ3n) is 7.26. The summed E-state index contributed by atoms with van der Waals surface area (Å²) in [5, 5.41) is 26.4. The Balaban J connectivity index is 1.22. The Morgan fingerprint density at radius 2 is 1.89 bits per heavy atom. The summed E-state index contributed by atoms with van der Waals surface area (Å²) in [7, 11) is 0. The average molecular weight is 488 g/mol. The van der Waals surface area contributed by atoms with Crippen molar-refractivity contribution in [3.05, 3.63) is 60.2 Å². The van der Waals surface area contributed by atoms with Crippen LogP contribution < -0.4 is 4.90 Å². The van der Waals surface area contributed by atoms with Gasteiger partial charge in [0.15, 0.2) is 6.19 Å². The maximum absolute atomic E-state index is 15.1. The van der Waals surface area contributed by atoms with Crippen molar-refractivity contribution < 1.29 is 18.3 Å². The molecule has 10 nitrogen and oxygen atoms in total. The molecule has 1 aromatic carbocycles. The molecule has 1 amide bonds. The third kappa shape index (κ3) is 3.26. The first-order valence-corrected chi connectivity index (χ1v) is 11.3. The molecular formula is C24H18F2N8O2. The molecule has 0 N–H and O–H groups in total. The molecule has 3 aromatic rings. The number of hydrogen-bond donors (Lipinski definition) is 0. The molecule has 1 aliphatic carbocycles. The minimum atomic E-state index is -0.852. The van der Waals surface area contributed by atoms with Gasteiger partial charge in [0.25, 0.3) is 0 Å². The second-order valence-corrected chi connectivity index (χ2v) is 9.16. The number of fused-ring (bicyclic) bond motifs is 1. The van der Waals surface area contributed by atoms with Crippen LogP contribution in [0.5, 0.6) is 0 Å². The zero-order chi connectivity index (χ0) is 25.0. The first-order chi connectivity index (χ1) is 17.4. The van der Waals surface area contributed by atoms with Crippen molar-refractivity contribution >= 4 is 11.8 Å². The number of anilines is 1. The summed E-state index contributed by atoms with van der Waals surface area (Å²) in [6.45, 7) is 1.38. The van der Waals surface area contributed by atoms with Crippen LogP contribution in [0, 0.1) is 46.3 Å². The highest BCUT2D eigenvalue weighted by atomic mass is 19.1. The number of carbonyl (C=O) groups is 1. The fourth-order valence-corrected chi connectivity index (χ4v) is 5.46. The van der Waals surface area contributed by atoms with E-state index in [4.69, 9.17) is 10.00 Å². The van der Waals surface area contributed by atoms with Gasteiger partial charge in [0.2, 0.25) is 0 Å². The van der Waals surface area contributed by atoms with Crippen LogP contribution in [0.2, 0.25) is 0 Å². The molecule has 2 unspecified atom stereocenters. The van der Waals surface area contributed by atoms with Crippen LogP contribution in [-0.4, -0.2) is 56.7 Å². The molecule has 0 radical (unpaired) electrons. The van der Waals surface area contributed by atoms with Crippen molar-refractivity contribution in [3.63, 3.8) is 0 Å². The van der Waals surface area contributed by atoms with Crippen LogP contribution in [0.4, 0.5) is 19.3 Å². The summed E-state index contributed by atoms with van der Waals surface area (Å²) in [5.41, 5.74) is -0.253. The minimum absolute atomic E-state index is 0.0156. The fourth-order valence-electron chi connectivity index (χ4n) is 5.46. The normalized spacial score (nSPS) is 26.3. The first-order valence-electron chi connectivity index (χ1n) is 11.3. The number of likely N-dealkylation sites (tertiary alicyclic amines) is 1. The molecule has 6 rings (SSSR count). The number of carbonyl (C=O) groups excluding carboxylic acids is 1. The predicted molar refractivity (Wildman–Crippen MR) is 119 cm³/mol. The Kier molecular flexibility index (Phi) is 4.86. The first kappa shape index (κ1) is 21.9. The van der Waals surface area contributed by atoms with Gasteiger partial charge in [-0.1, -0.05) is 11.3 Å². The number of pyridine rings is 1. The van der Waals surface area contributed by atoms with Gasteiger partial charge in [0, 0.05) is 42.9 Å². The fraction of sp³-hybridized carbons (Fsp3) is 0.333. The highest BCUT2D eigenvalue weighted by Crippen LogP contribution is 2.62. The molecule has 3 atom stereocenters. The summed E-state index contributed by atoms with van der Waals surface area (Å²) < 4.78 is 37.0. The van der Waals surface area contributed by atoms with Crippen LogP contribution in [0.3, 0.4) is 0 Å². The van der Waals surface area contributed by atoms with E-state index in [0.29, 0.717) is 18.8 Å². The minimum Gasteiger partial charge on any atom is -0.442 e. The summed E-state index contributed by atoms with van der Waals surface area (Å²) in [6.07, 6.45) is 5.33. The van der Waals surface area contributed by atoms with Crippen molar-refractivity contribution in [2.75, 3.05) is 24.5 Å². The van der Waals surface area contributed by atoms with Crippen LogP contribution in [0.1, 0.15) is 5.69 Å². The van der Waals surface area contributed by atoms with Crippen molar-refractivity contribution in [3.8, 4) is 23.4 Å². The number of benzene rings is 1. The van der Waals surface area contributed by atoms with Gasteiger partial charge in [0.1, 0.15) is 23.2 Å². The quantitative estimate of drug-likeness (QED) is 0.502. The third-order valence-corrected chi connectivity index (χ3v) is 7.26. The number of cyclic esters (lactones) is 1. The summed E-state index contributed by atoms with van der Waals surface area (Å²) in [6, 6.07) is 7.68. The van der Waals surface area contributed by atoms with E-state index in [1.54, 1.807) is 17.2 Å². The van der Waals surface area contributed by atoms with Gasteiger partial charge in [-0.15, -0.1) is 5.10 Å². The van der Waals surface area contributed by atoms with Crippen molar-refractivity contribution in [1.29, 1.82) is 10.5 Å². The van der Waals surface area contributed by atoms with E-state index in [2.05, 4.69) is 27.6 Å². The largest absolute Gasteiger partial charge is 0.442 e. The van der Waals surface area contributed by atoms with Gasteiger partial charge < -0.3 is 9.64 Å². The molecule has 3 fully saturated rings. The lowest BCUT2D eigenvalue weighted by molar-refractivity contribution is 0.129. The average Bonchev–Trinajstić information content (AvgIpc) is 3.37. The van der Waals surface area contributed by atoms with Crippen molar-refractivity contribution in [1.82, 2.24) is 24.9 Å². The topological polar surface area (TPSA) is 124 Å². The SMILES string of the molecule is N#CN1CC2C(C1)C2(C#N)c1ccc(-c2c(F)cc(N3C[C@H](Cn4ccnn4)OC3=O)cc2F)cn1. The molecule has 4 heterocycles. The van der Waals surface area contributed by atoms with Crippen LogP contribution in [0.15, 0.2) is 42.9 Å². The number of halogens is 2. The molecule has 0 bridgehead atoms. The number of nitriles is 2. The lowest BCUT2D eigenvalue weighted by atomic mass is 9.95. The lowest BCUT2D eigenvalue weighted by Crippen LogP contribution is -2.26. The molecule has 180 valence electrons. The smallest absolute Gasteiger partial charge is 0.414 e. The zero-order valence-electron chi connectivity index (χ0n) is 18.8. The van der Waals surface area contributed by atoms with Crippen LogP contribution in [-0.2, 0) is 16.7 Å². The Hall–Kier alpha value is -4.58. The van der Waals surface area contributed by atoms with Gasteiger partial charge in [-0.05, 0) is 18.2 Å². The number of amides is 1. The van der Waals surface area contributed by atoms with E-state index in [9.17, 15) is 10.1 Å². The number of ether oxygens (including phenoxy) is 1. The summed E-state index contributed by atoms with van der Waals surface area (Å²) >= 11 is 0. The van der Waals surface area contributed by atoms with Gasteiger partial charge in [-0.25, -0.2) is 18.3 Å². The molecule has 2 aromatic heterocycles. The Morgan fingerprint density at radius 3 is 2.47 bits per heavy atom. The van der Waals surface area contributed by atoms with Crippen LogP contribution in [0.25, 0.3) is 11.1 Å². The van der Waals surface area contributed by atoms with Gasteiger partial charge in [-0.3, -0.25) is 9.88 Å². The number of piperidine rings is 1. The van der Waals surface area contributed by atoms with E-state index in [1.807, 2.05) is 0 Å². The summed E-state index contributed by atoms with van der Waals surface area (Å²) in [4.78, 5) is 19.5. The van der Waals surface area contributed by atoms with Crippen LogP contribution >= 0.6 is 0 Å². The lowest BCUT2D eigenvalue weighted by Gasteiger charge is -2.18. The molecule has 0 spiro atoms. The Labute approximate surface area is 203 Å². The maximum Gasteiger partial charge on any atom is 0.414 e.